The standard InChI is InChI=1S/C24H24N2O4/c1-26(2)24(28)19-9-6-10-20(15-19)25-23(27)17-30-22-13-11-21(12-14-22)29-16-18-7-4-3-5-8-18/h3-15H,16-17H2,1-2H3,(H,25,27). The highest BCUT2D eigenvalue weighted by atomic mass is 16.5. The van der Waals surface area contributed by atoms with Crippen molar-refractivity contribution in [3.05, 3.63) is 90.0 Å². The van der Waals surface area contributed by atoms with Gasteiger partial charge in [0.15, 0.2) is 6.61 Å². The average Bonchev–Trinajstić information content (AvgIpc) is 2.77. The molecule has 0 saturated carbocycles. The molecular formula is C24H24N2O4. The number of amides is 2. The maximum absolute atomic E-state index is 12.2. The highest BCUT2D eigenvalue weighted by molar-refractivity contribution is 5.97. The maximum atomic E-state index is 12.2. The van der Waals surface area contributed by atoms with E-state index in [1.165, 1.54) is 4.90 Å². The molecule has 3 rings (SSSR count). The fraction of sp³-hybridized carbons (Fsp3) is 0.167. The molecule has 30 heavy (non-hydrogen) atoms. The van der Waals surface area contributed by atoms with Crippen molar-refractivity contribution in [2.75, 3.05) is 26.0 Å². The number of nitrogens with zero attached hydrogens (tertiary/aromatic N) is 1. The number of hydrogen-bond acceptors (Lipinski definition) is 4. The molecule has 2 amide bonds. The van der Waals surface area contributed by atoms with Crippen LogP contribution in [-0.4, -0.2) is 37.4 Å². The van der Waals surface area contributed by atoms with Crippen LogP contribution in [0.4, 0.5) is 5.69 Å². The molecule has 0 bridgehead atoms. The normalized spacial score (nSPS) is 10.2. The first-order valence-corrected chi connectivity index (χ1v) is 9.52. The second kappa shape index (κ2) is 10.1. The van der Waals surface area contributed by atoms with Gasteiger partial charge in [-0.3, -0.25) is 9.59 Å². The number of hydrogen-bond donors (Lipinski definition) is 1. The van der Waals surface area contributed by atoms with Gasteiger partial charge in [0.25, 0.3) is 11.8 Å². The molecule has 1 N–H and O–H groups in total. The number of nitrogens with one attached hydrogen (secondary N) is 1. The topological polar surface area (TPSA) is 67.9 Å². The molecule has 3 aromatic carbocycles. The van der Waals surface area contributed by atoms with Crippen LogP contribution in [0, 0.1) is 0 Å². The molecule has 0 atom stereocenters. The van der Waals surface area contributed by atoms with Crippen molar-refractivity contribution in [2.45, 2.75) is 6.61 Å². The summed E-state index contributed by atoms with van der Waals surface area (Å²) in [5, 5.41) is 2.74. The van der Waals surface area contributed by atoms with Gasteiger partial charge in [0.05, 0.1) is 0 Å². The summed E-state index contributed by atoms with van der Waals surface area (Å²) in [5.74, 6) is 0.845. The van der Waals surface area contributed by atoms with E-state index < -0.39 is 0 Å². The summed E-state index contributed by atoms with van der Waals surface area (Å²) in [5.41, 5.74) is 2.14. The molecule has 0 unspecified atom stereocenters. The van der Waals surface area contributed by atoms with Gasteiger partial charge in [0.2, 0.25) is 0 Å². The van der Waals surface area contributed by atoms with Crippen LogP contribution in [0.3, 0.4) is 0 Å². The highest BCUT2D eigenvalue weighted by Gasteiger charge is 2.10. The summed E-state index contributed by atoms with van der Waals surface area (Å²) >= 11 is 0. The lowest BCUT2D eigenvalue weighted by molar-refractivity contribution is -0.118. The lowest BCUT2D eigenvalue weighted by Gasteiger charge is -2.12. The number of benzene rings is 3. The fourth-order valence-corrected chi connectivity index (χ4v) is 2.71. The Hall–Kier alpha value is -3.80. The molecule has 0 radical (unpaired) electrons. The molecule has 0 saturated heterocycles. The minimum Gasteiger partial charge on any atom is -0.489 e. The van der Waals surface area contributed by atoms with Gasteiger partial charge >= 0.3 is 0 Å². The molecule has 0 fully saturated rings. The Bertz CT molecular complexity index is 986. The van der Waals surface area contributed by atoms with Crippen LogP contribution in [-0.2, 0) is 11.4 Å². The lowest BCUT2D eigenvalue weighted by atomic mass is 10.2. The third-order valence-electron chi connectivity index (χ3n) is 4.24. The molecule has 3 aromatic rings. The van der Waals surface area contributed by atoms with Gasteiger partial charge in [-0.25, -0.2) is 0 Å². The largest absolute Gasteiger partial charge is 0.489 e. The van der Waals surface area contributed by atoms with Crippen molar-refractivity contribution in [1.29, 1.82) is 0 Å². The molecule has 6 nitrogen and oxygen atoms in total. The molecule has 0 spiro atoms. The number of carbonyl (C=O) groups excluding carboxylic acids is 2. The number of carbonyl (C=O) groups is 2. The van der Waals surface area contributed by atoms with E-state index in [1.807, 2.05) is 30.3 Å². The molecule has 0 aliphatic carbocycles. The van der Waals surface area contributed by atoms with E-state index >= 15 is 0 Å². The second-order valence-electron chi connectivity index (χ2n) is 6.86. The van der Waals surface area contributed by atoms with Gasteiger partial charge in [0.1, 0.15) is 18.1 Å². The zero-order valence-electron chi connectivity index (χ0n) is 17.0. The first-order valence-electron chi connectivity index (χ1n) is 9.52. The minimum atomic E-state index is -0.311. The molecule has 154 valence electrons. The van der Waals surface area contributed by atoms with Gasteiger partial charge in [-0.05, 0) is 48.0 Å². The lowest BCUT2D eigenvalue weighted by Crippen LogP contribution is -2.23. The molecular weight excluding hydrogens is 380 g/mol. The van der Waals surface area contributed by atoms with Crippen LogP contribution in [0.1, 0.15) is 15.9 Å². The quantitative estimate of drug-likeness (QED) is 0.617. The smallest absolute Gasteiger partial charge is 0.262 e. The first-order chi connectivity index (χ1) is 14.5. The monoisotopic (exact) mass is 404 g/mol. The second-order valence-corrected chi connectivity index (χ2v) is 6.86. The van der Waals surface area contributed by atoms with Crippen molar-refractivity contribution >= 4 is 17.5 Å². The van der Waals surface area contributed by atoms with Gasteiger partial charge in [-0.15, -0.1) is 0 Å². The SMILES string of the molecule is CN(C)C(=O)c1cccc(NC(=O)COc2ccc(OCc3ccccc3)cc2)c1. The number of rotatable bonds is 8. The Labute approximate surface area is 176 Å². The van der Waals surface area contributed by atoms with Crippen LogP contribution in [0.2, 0.25) is 0 Å². The predicted octanol–water partition coefficient (Wildman–Crippen LogP) is 3.98. The summed E-state index contributed by atoms with van der Waals surface area (Å²) in [4.78, 5) is 25.7. The molecule has 6 heteroatoms. The molecule has 0 aliphatic rings. The van der Waals surface area contributed by atoms with Crippen molar-refractivity contribution in [3.63, 3.8) is 0 Å². The van der Waals surface area contributed by atoms with Crippen molar-refractivity contribution in [3.8, 4) is 11.5 Å². The first kappa shape index (κ1) is 20.9. The number of anilines is 1. The van der Waals surface area contributed by atoms with Crippen LogP contribution < -0.4 is 14.8 Å². The Morgan fingerprint density at radius 1 is 0.833 bits per heavy atom. The molecule has 0 aliphatic heterocycles. The summed E-state index contributed by atoms with van der Waals surface area (Å²) < 4.78 is 11.3. The van der Waals surface area contributed by atoms with Gasteiger partial charge in [0, 0.05) is 25.3 Å². The van der Waals surface area contributed by atoms with Crippen LogP contribution in [0.5, 0.6) is 11.5 Å². The Kier molecular flexibility index (Phi) is 7.05. The van der Waals surface area contributed by atoms with E-state index in [1.54, 1.807) is 62.6 Å². The van der Waals surface area contributed by atoms with Crippen LogP contribution in [0.15, 0.2) is 78.9 Å². The van der Waals surface area contributed by atoms with E-state index in [9.17, 15) is 9.59 Å². The van der Waals surface area contributed by atoms with Crippen molar-refractivity contribution in [2.24, 2.45) is 0 Å². The van der Waals surface area contributed by atoms with E-state index in [0.717, 1.165) is 11.3 Å². The Balaban J connectivity index is 1.48. The predicted molar refractivity (Wildman–Crippen MR) is 116 cm³/mol. The third-order valence-corrected chi connectivity index (χ3v) is 4.24. The number of ether oxygens (including phenoxy) is 2. The van der Waals surface area contributed by atoms with Crippen LogP contribution in [0.25, 0.3) is 0 Å². The summed E-state index contributed by atoms with van der Waals surface area (Å²) in [6.07, 6.45) is 0. The van der Waals surface area contributed by atoms with E-state index in [2.05, 4.69) is 5.32 Å². The van der Waals surface area contributed by atoms with E-state index in [0.29, 0.717) is 23.6 Å². The third kappa shape index (κ3) is 6.10. The fourth-order valence-electron chi connectivity index (χ4n) is 2.71. The summed E-state index contributed by atoms with van der Waals surface area (Å²) in [6, 6.07) is 23.8. The maximum Gasteiger partial charge on any atom is 0.262 e. The van der Waals surface area contributed by atoms with E-state index in [-0.39, 0.29) is 18.4 Å². The molecule has 0 heterocycles. The van der Waals surface area contributed by atoms with Crippen LogP contribution >= 0.6 is 0 Å². The summed E-state index contributed by atoms with van der Waals surface area (Å²) in [7, 11) is 3.36. The zero-order chi connectivity index (χ0) is 21.3. The summed E-state index contributed by atoms with van der Waals surface area (Å²) in [6.45, 7) is 0.342. The van der Waals surface area contributed by atoms with Gasteiger partial charge < -0.3 is 19.7 Å². The average molecular weight is 404 g/mol. The van der Waals surface area contributed by atoms with Crippen molar-refractivity contribution < 1.29 is 19.1 Å². The zero-order valence-corrected chi connectivity index (χ0v) is 17.0. The minimum absolute atomic E-state index is 0.128. The Morgan fingerprint density at radius 2 is 1.50 bits per heavy atom. The van der Waals surface area contributed by atoms with Crippen molar-refractivity contribution in [1.82, 2.24) is 4.90 Å². The Morgan fingerprint density at radius 3 is 2.17 bits per heavy atom. The molecule has 0 aromatic heterocycles. The van der Waals surface area contributed by atoms with Gasteiger partial charge in [-0.2, -0.15) is 0 Å². The van der Waals surface area contributed by atoms with Gasteiger partial charge in [-0.1, -0.05) is 36.4 Å². The highest BCUT2D eigenvalue weighted by Crippen LogP contribution is 2.19. The van der Waals surface area contributed by atoms with E-state index in [4.69, 9.17) is 9.47 Å².